The van der Waals surface area contributed by atoms with E-state index in [4.69, 9.17) is 4.42 Å². The third-order valence-corrected chi connectivity index (χ3v) is 4.72. The van der Waals surface area contributed by atoms with Gasteiger partial charge in [-0.05, 0) is 36.8 Å². The molecule has 0 saturated carbocycles. The van der Waals surface area contributed by atoms with E-state index in [0.717, 1.165) is 16.6 Å². The van der Waals surface area contributed by atoms with Crippen molar-refractivity contribution in [2.75, 3.05) is 5.43 Å². The largest absolute Gasteiger partial charge is 0.421 e. The lowest BCUT2D eigenvalue weighted by Gasteiger charge is -2.08. The van der Waals surface area contributed by atoms with Crippen molar-refractivity contribution in [2.24, 2.45) is 15.3 Å². The van der Waals surface area contributed by atoms with Crippen molar-refractivity contribution in [2.45, 2.75) is 13.5 Å². The van der Waals surface area contributed by atoms with Crippen molar-refractivity contribution in [1.29, 1.82) is 0 Å². The molecule has 152 valence electrons. The number of anilines is 1. The van der Waals surface area contributed by atoms with Crippen LogP contribution in [0.3, 0.4) is 0 Å². The Morgan fingerprint density at radius 2 is 1.65 bits per heavy atom. The fraction of sp³-hybridized carbons (Fsp3) is 0.0870. The molecule has 0 bridgehead atoms. The highest BCUT2D eigenvalue weighted by molar-refractivity contribution is 5.82. The van der Waals surface area contributed by atoms with Gasteiger partial charge in [0.1, 0.15) is 5.52 Å². The van der Waals surface area contributed by atoms with Crippen molar-refractivity contribution in [3.8, 4) is 0 Å². The molecule has 3 aromatic carbocycles. The standard InChI is InChI=1S/C23H19N7O/c1-16(27-29-23-25-19-12-6-8-14-21(19)31-23)26-28-22-24-18-11-5-7-13-20(18)30(22)15-17-9-3-2-4-10-17/h2-14H,15H2,1H3,(H,24,28)/b26-16-,29-27?. The first-order valence-corrected chi connectivity index (χ1v) is 9.83. The van der Waals surface area contributed by atoms with Gasteiger partial charge in [0.15, 0.2) is 11.4 Å². The molecule has 0 saturated heterocycles. The molecule has 0 unspecified atom stereocenters. The van der Waals surface area contributed by atoms with E-state index < -0.39 is 0 Å². The molecular weight excluding hydrogens is 390 g/mol. The van der Waals surface area contributed by atoms with E-state index in [1.165, 1.54) is 5.56 Å². The van der Waals surface area contributed by atoms with Crippen LogP contribution in [-0.4, -0.2) is 20.4 Å². The van der Waals surface area contributed by atoms with E-state index in [1.54, 1.807) is 6.92 Å². The molecule has 0 aliphatic carbocycles. The van der Waals surface area contributed by atoms with Gasteiger partial charge in [0.25, 0.3) is 0 Å². The molecule has 1 N–H and O–H groups in total. The third kappa shape index (κ3) is 4.04. The highest BCUT2D eigenvalue weighted by Crippen LogP contribution is 2.22. The van der Waals surface area contributed by atoms with Gasteiger partial charge in [0, 0.05) is 0 Å². The van der Waals surface area contributed by atoms with Crippen molar-refractivity contribution in [3.63, 3.8) is 0 Å². The maximum absolute atomic E-state index is 5.54. The number of hydrazone groups is 1. The van der Waals surface area contributed by atoms with Crippen molar-refractivity contribution >= 4 is 39.9 Å². The third-order valence-electron chi connectivity index (χ3n) is 4.72. The fourth-order valence-electron chi connectivity index (χ4n) is 3.26. The first-order chi connectivity index (χ1) is 15.3. The van der Waals surface area contributed by atoms with E-state index in [0.29, 0.717) is 23.9 Å². The van der Waals surface area contributed by atoms with E-state index in [-0.39, 0.29) is 6.01 Å². The topological polar surface area (TPSA) is 93.0 Å². The van der Waals surface area contributed by atoms with Crippen LogP contribution < -0.4 is 5.43 Å². The number of nitrogens with one attached hydrogen (secondary N) is 1. The van der Waals surface area contributed by atoms with Crippen molar-refractivity contribution in [3.05, 3.63) is 84.4 Å². The average molecular weight is 409 g/mol. The number of nitrogens with zero attached hydrogens (tertiary/aromatic N) is 6. The Balaban J connectivity index is 1.39. The van der Waals surface area contributed by atoms with Gasteiger partial charge in [0.2, 0.25) is 5.95 Å². The molecule has 0 amide bonds. The first-order valence-electron chi connectivity index (χ1n) is 9.83. The Labute approximate surface area is 178 Å². The number of rotatable bonds is 5. The molecule has 8 nitrogen and oxygen atoms in total. The Morgan fingerprint density at radius 3 is 2.48 bits per heavy atom. The van der Waals surface area contributed by atoms with Gasteiger partial charge < -0.3 is 8.98 Å². The average Bonchev–Trinajstić information content (AvgIpc) is 3.38. The van der Waals surface area contributed by atoms with Gasteiger partial charge in [-0.2, -0.15) is 10.1 Å². The van der Waals surface area contributed by atoms with Crippen molar-refractivity contribution < 1.29 is 4.42 Å². The lowest BCUT2D eigenvalue weighted by atomic mass is 10.2. The molecule has 5 aromatic rings. The van der Waals surface area contributed by atoms with Crippen LogP contribution in [0.5, 0.6) is 0 Å². The lowest BCUT2D eigenvalue weighted by molar-refractivity contribution is 0.607. The zero-order valence-corrected chi connectivity index (χ0v) is 16.8. The monoisotopic (exact) mass is 409 g/mol. The zero-order valence-electron chi connectivity index (χ0n) is 16.8. The van der Waals surface area contributed by atoms with Crippen LogP contribution in [0.4, 0.5) is 12.0 Å². The van der Waals surface area contributed by atoms with Crippen LogP contribution in [0.15, 0.2) is 98.6 Å². The summed E-state index contributed by atoms with van der Waals surface area (Å²) in [6, 6.07) is 25.9. The van der Waals surface area contributed by atoms with Crippen LogP contribution in [0.25, 0.3) is 22.1 Å². The maximum atomic E-state index is 5.54. The molecule has 8 heteroatoms. The van der Waals surface area contributed by atoms with Crippen LogP contribution >= 0.6 is 0 Å². The number of hydrogen-bond donors (Lipinski definition) is 1. The number of azo groups is 1. The lowest BCUT2D eigenvalue weighted by Crippen LogP contribution is -2.06. The minimum atomic E-state index is 0.187. The number of aromatic nitrogens is 3. The minimum Gasteiger partial charge on any atom is -0.421 e. The minimum absolute atomic E-state index is 0.187. The maximum Gasteiger partial charge on any atom is 0.342 e. The van der Waals surface area contributed by atoms with Gasteiger partial charge in [-0.1, -0.05) is 59.7 Å². The number of imidazole rings is 1. The predicted octanol–water partition coefficient (Wildman–Crippen LogP) is 5.76. The molecule has 2 aromatic heterocycles. The number of oxazole rings is 1. The summed E-state index contributed by atoms with van der Waals surface area (Å²) in [6.07, 6.45) is 0. The number of fused-ring (bicyclic) bond motifs is 2. The molecule has 0 spiro atoms. The number of amidine groups is 1. The highest BCUT2D eigenvalue weighted by atomic mass is 16.4. The second kappa shape index (κ2) is 8.19. The Bertz CT molecular complexity index is 1370. The van der Waals surface area contributed by atoms with Gasteiger partial charge >= 0.3 is 6.01 Å². The molecule has 5 rings (SSSR count). The highest BCUT2D eigenvalue weighted by Gasteiger charge is 2.10. The summed E-state index contributed by atoms with van der Waals surface area (Å²) in [5, 5.41) is 12.4. The van der Waals surface area contributed by atoms with Gasteiger partial charge in [-0.3, -0.25) is 0 Å². The number of para-hydroxylation sites is 4. The first kappa shape index (κ1) is 18.7. The number of hydrogen-bond acceptors (Lipinski definition) is 6. The second-order valence-electron chi connectivity index (χ2n) is 6.93. The summed E-state index contributed by atoms with van der Waals surface area (Å²) in [6.45, 7) is 2.41. The summed E-state index contributed by atoms with van der Waals surface area (Å²) in [7, 11) is 0. The summed E-state index contributed by atoms with van der Waals surface area (Å²) >= 11 is 0. The number of benzene rings is 3. The van der Waals surface area contributed by atoms with E-state index in [2.05, 4.69) is 47.4 Å². The SMILES string of the molecule is C/C(N=Nc1nc2ccccc2o1)=N/Nc1nc2ccccc2n1Cc1ccccc1. The zero-order chi connectivity index (χ0) is 21.0. The van der Waals surface area contributed by atoms with E-state index in [9.17, 15) is 0 Å². The molecule has 31 heavy (non-hydrogen) atoms. The molecule has 0 atom stereocenters. The molecule has 0 aliphatic rings. The summed E-state index contributed by atoms with van der Waals surface area (Å²) in [5.41, 5.74) is 7.51. The Morgan fingerprint density at radius 1 is 0.903 bits per heavy atom. The Kier molecular flexibility index (Phi) is 4.94. The summed E-state index contributed by atoms with van der Waals surface area (Å²) < 4.78 is 7.63. The molecule has 0 radical (unpaired) electrons. The summed E-state index contributed by atoms with van der Waals surface area (Å²) in [4.78, 5) is 8.94. The van der Waals surface area contributed by atoms with E-state index in [1.807, 2.05) is 66.7 Å². The van der Waals surface area contributed by atoms with Crippen LogP contribution in [-0.2, 0) is 6.54 Å². The predicted molar refractivity (Wildman–Crippen MR) is 121 cm³/mol. The molecule has 0 fully saturated rings. The fourth-order valence-corrected chi connectivity index (χ4v) is 3.26. The quantitative estimate of drug-likeness (QED) is 0.173. The van der Waals surface area contributed by atoms with Crippen molar-refractivity contribution in [1.82, 2.24) is 14.5 Å². The van der Waals surface area contributed by atoms with Crippen LogP contribution in [0, 0.1) is 0 Å². The van der Waals surface area contributed by atoms with Gasteiger partial charge in [-0.15, -0.1) is 5.11 Å². The second-order valence-corrected chi connectivity index (χ2v) is 6.93. The summed E-state index contributed by atoms with van der Waals surface area (Å²) in [5.74, 6) is 1.04. The molecule has 0 aliphatic heterocycles. The van der Waals surface area contributed by atoms with Crippen LogP contribution in [0.2, 0.25) is 0 Å². The van der Waals surface area contributed by atoms with Gasteiger partial charge in [-0.25, -0.2) is 10.4 Å². The normalized spacial score (nSPS) is 12.2. The smallest absolute Gasteiger partial charge is 0.342 e. The molecular formula is C23H19N7O. The van der Waals surface area contributed by atoms with Crippen LogP contribution in [0.1, 0.15) is 12.5 Å². The van der Waals surface area contributed by atoms with Gasteiger partial charge in [0.05, 0.1) is 17.6 Å². The van der Waals surface area contributed by atoms with E-state index >= 15 is 0 Å². The Hall–Kier alpha value is -4.33. The molecule has 2 heterocycles.